The Morgan fingerprint density at radius 3 is 2.48 bits per heavy atom. The molecular formula is C19H13N5O. The van der Waals surface area contributed by atoms with Crippen LogP contribution in [0.2, 0.25) is 0 Å². The van der Waals surface area contributed by atoms with Crippen molar-refractivity contribution in [3.63, 3.8) is 0 Å². The molecule has 0 saturated carbocycles. The summed E-state index contributed by atoms with van der Waals surface area (Å²) in [4.78, 5) is 13.2. The van der Waals surface area contributed by atoms with Gasteiger partial charge in [-0.05, 0) is 19.1 Å². The van der Waals surface area contributed by atoms with Gasteiger partial charge < -0.3 is 4.42 Å². The molecule has 6 nitrogen and oxygen atoms in total. The number of nitrogens with one attached hydrogen (secondary N) is 1. The SMILES string of the molecule is Cc1nc(Nc2nc3ccccc3o2)nc(-c2ccccc2)c1C#N. The van der Waals surface area contributed by atoms with Crippen LogP contribution in [0.3, 0.4) is 0 Å². The summed E-state index contributed by atoms with van der Waals surface area (Å²) in [7, 11) is 0. The third-order valence-electron chi connectivity index (χ3n) is 3.76. The van der Waals surface area contributed by atoms with Gasteiger partial charge in [-0.25, -0.2) is 9.97 Å². The van der Waals surface area contributed by atoms with E-state index in [1.165, 1.54) is 0 Å². The van der Waals surface area contributed by atoms with Gasteiger partial charge in [0.15, 0.2) is 5.58 Å². The molecule has 1 N–H and O–H groups in total. The summed E-state index contributed by atoms with van der Waals surface area (Å²) in [6, 6.07) is 19.5. The van der Waals surface area contributed by atoms with Crippen molar-refractivity contribution in [1.29, 1.82) is 5.26 Å². The molecule has 0 radical (unpaired) electrons. The summed E-state index contributed by atoms with van der Waals surface area (Å²) in [5, 5.41) is 12.4. The van der Waals surface area contributed by atoms with E-state index in [2.05, 4.69) is 26.3 Å². The molecule has 0 amide bonds. The summed E-state index contributed by atoms with van der Waals surface area (Å²) in [5.74, 6) is 0.335. The first kappa shape index (κ1) is 14.8. The highest BCUT2D eigenvalue weighted by molar-refractivity contribution is 5.75. The molecule has 4 aromatic rings. The van der Waals surface area contributed by atoms with Gasteiger partial charge in [-0.2, -0.15) is 10.2 Å². The van der Waals surface area contributed by atoms with Crippen LogP contribution in [-0.4, -0.2) is 15.0 Å². The number of aromatic nitrogens is 3. The molecule has 0 fully saturated rings. The van der Waals surface area contributed by atoms with Crippen LogP contribution in [0, 0.1) is 18.3 Å². The molecule has 0 bridgehead atoms. The number of benzene rings is 2. The van der Waals surface area contributed by atoms with Gasteiger partial charge in [0.25, 0.3) is 0 Å². The molecule has 0 aliphatic heterocycles. The van der Waals surface area contributed by atoms with Crippen molar-refractivity contribution in [1.82, 2.24) is 15.0 Å². The van der Waals surface area contributed by atoms with E-state index in [1.807, 2.05) is 54.6 Å². The van der Waals surface area contributed by atoms with E-state index in [1.54, 1.807) is 6.92 Å². The van der Waals surface area contributed by atoms with Gasteiger partial charge in [0.2, 0.25) is 5.95 Å². The largest absolute Gasteiger partial charge is 0.423 e. The van der Waals surface area contributed by atoms with Crippen molar-refractivity contribution >= 4 is 23.1 Å². The summed E-state index contributed by atoms with van der Waals surface area (Å²) in [6.07, 6.45) is 0. The average Bonchev–Trinajstić information content (AvgIpc) is 3.04. The van der Waals surface area contributed by atoms with Gasteiger partial charge in [-0.3, -0.25) is 5.32 Å². The van der Waals surface area contributed by atoms with Crippen LogP contribution in [0.25, 0.3) is 22.4 Å². The number of rotatable bonds is 3. The average molecular weight is 327 g/mol. The number of hydrogen-bond acceptors (Lipinski definition) is 6. The zero-order chi connectivity index (χ0) is 17.2. The second-order valence-electron chi connectivity index (χ2n) is 5.45. The van der Waals surface area contributed by atoms with Crippen molar-refractivity contribution in [2.45, 2.75) is 6.92 Å². The van der Waals surface area contributed by atoms with E-state index in [0.29, 0.717) is 34.5 Å². The van der Waals surface area contributed by atoms with E-state index in [-0.39, 0.29) is 0 Å². The minimum absolute atomic E-state index is 0.310. The summed E-state index contributed by atoms with van der Waals surface area (Å²) in [5.41, 5.74) is 3.90. The Balaban J connectivity index is 1.78. The van der Waals surface area contributed by atoms with Crippen molar-refractivity contribution in [3.05, 3.63) is 65.9 Å². The van der Waals surface area contributed by atoms with E-state index >= 15 is 0 Å². The molecular weight excluding hydrogens is 314 g/mol. The fraction of sp³-hybridized carbons (Fsp3) is 0.0526. The number of fused-ring (bicyclic) bond motifs is 1. The quantitative estimate of drug-likeness (QED) is 0.606. The van der Waals surface area contributed by atoms with Crippen LogP contribution in [0.4, 0.5) is 12.0 Å². The fourth-order valence-corrected chi connectivity index (χ4v) is 2.59. The van der Waals surface area contributed by atoms with Crippen LogP contribution < -0.4 is 5.32 Å². The number of oxazole rings is 1. The van der Waals surface area contributed by atoms with Crippen LogP contribution >= 0.6 is 0 Å². The Morgan fingerprint density at radius 1 is 0.960 bits per heavy atom. The van der Waals surface area contributed by atoms with Gasteiger partial charge in [-0.1, -0.05) is 42.5 Å². The minimum Gasteiger partial charge on any atom is -0.423 e. The molecule has 2 aromatic heterocycles. The number of nitrogens with zero attached hydrogens (tertiary/aromatic N) is 4. The van der Waals surface area contributed by atoms with Crippen LogP contribution in [0.15, 0.2) is 59.0 Å². The van der Waals surface area contributed by atoms with Crippen LogP contribution in [0.5, 0.6) is 0 Å². The molecule has 0 saturated heterocycles. The first-order valence-corrected chi connectivity index (χ1v) is 7.71. The second kappa shape index (κ2) is 6.06. The molecule has 0 aliphatic carbocycles. The van der Waals surface area contributed by atoms with Crippen LogP contribution in [0.1, 0.15) is 11.3 Å². The first-order valence-electron chi connectivity index (χ1n) is 7.71. The van der Waals surface area contributed by atoms with Gasteiger partial charge in [0.1, 0.15) is 11.6 Å². The third kappa shape index (κ3) is 2.79. The molecule has 2 heterocycles. The molecule has 0 atom stereocenters. The lowest BCUT2D eigenvalue weighted by molar-refractivity contribution is 0.621. The number of para-hydroxylation sites is 2. The molecule has 25 heavy (non-hydrogen) atoms. The maximum atomic E-state index is 9.46. The minimum atomic E-state index is 0.310. The Hall–Kier alpha value is -3.72. The van der Waals surface area contributed by atoms with Gasteiger partial charge >= 0.3 is 6.01 Å². The zero-order valence-corrected chi connectivity index (χ0v) is 13.4. The molecule has 0 aliphatic rings. The summed E-state index contributed by atoms with van der Waals surface area (Å²) >= 11 is 0. The molecule has 0 spiro atoms. The van der Waals surface area contributed by atoms with Crippen molar-refractivity contribution in [3.8, 4) is 17.3 Å². The lowest BCUT2D eigenvalue weighted by Crippen LogP contribution is -2.03. The predicted octanol–water partition coefficient (Wildman–Crippen LogP) is 4.21. The topological polar surface area (TPSA) is 87.6 Å². The standard InChI is InChI=1S/C19H13N5O/c1-12-14(11-20)17(13-7-3-2-4-8-13)23-18(21-12)24-19-22-15-9-5-6-10-16(15)25-19/h2-10H,1H3,(H,21,22,23,24). The molecule has 2 aromatic carbocycles. The Labute approximate surface area is 143 Å². The predicted molar refractivity (Wildman–Crippen MR) is 94.2 cm³/mol. The van der Waals surface area contributed by atoms with Gasteiger partial charge in [0.05, 0.1) is 17.0 Å². The zero-order valence-electron chi connectivity index (χ0n) is 13.4. The molecule has 4 rings (SSSR count). The summed E-state index contributed by atoms with van der Waals surface area (Å²) in [6.45, 7) is 1.78. The number of nitriles is 1. The monoisotopic (exact) mass is 327 g/mol. The van der Waals surface area contributed by atoms with Crippen molar-refractivity contribution in [2.75, 3.05) is 5.32 Å². The van der Waals surface area contributed by atoms with Crippen molar-refractivity contribution in [2.24, 2.45) is 0 Å². The molecule has 6 heteroatoms. The maximum absolute atomic E-state index is 9.46. The van der Waals surface area contributed by atoms with Gasteiger partial charge in [-0.15, -0.1) is 0 Å². The fourth-order valence-electron chi connectivity index (χ4n) is 2.59. The number of hydrogen-bond donors (Lipinski definition) is 1. The van der Waals surface area contributed by atoms with E-state index in [9.17, 15) is 5.26 Å². The number of anilines is 2. The summed E-state index contributed by atoms with van der Waals surface area (Å²) < 4.78 is 5.65. The Morgan fingerprint density at radius 2 is 1.72 bits per heavy atom. The van der Waals surface area contributed by atoms with Gasteiger partial charge in [0, 0.05) is 5.56 Å². The van der Waals surface area contributed by atoms with Crippen LogP contribution in [-0.2, 0) is 0 Å². The highest BCUT2D eigenvalue weighted by atomic mass is 16.4. The first-order chi connectivity index (χ1) is 12.2. The Bertz CT molecular complexity index is 1060. The maximum Gasteiger partial charge on any atom is 0.302 e. The normalized spacial score (nSPS) is 10.6. The highest BCUT2D eigenvalue weighted by Crippen LogP contribution is 2.26. The lowest BCUT2D eigenvalue weighted by atomic mass is 10.1. The smallest absolute Gasteiger partial charge is 0.302 e. The van der Waals surface area contributed by atoms with E-state index in [4.69, 9.17) is 4.42 Å². The lowest BCUT2D eigenvalue weighted by Gasteiger charge is -2.08. The third-order valence-corrected chi connectivity index (χ3v) is 3.76. The van der Waals surface area contributed by atoms with E-state index < -0.39 is 0 Å². The highest BCUT2D eigenvalue weighted by Gasteiger charge is 2.15. The van der Waals surface area contributed by atoms with Crippen molar-refractivity contribution < 1.29 is 4.42 Å². The second-order valence-corrected chi connectivity index (χ2v) is 5.45. The number of aryl methyl sites for hydroxylation is 1. The van der Waals surface area contributed by atoms with E-state index in [0.717, 1.165) is 11.1 Å². The Kier molecular flexibility index (Phi) is 3.60. The molecule has 0 unspecified atom stereocenters. The molecule has 120 valence electrons.